The van der Waals surface area contributed by atoms with Crippen LogP contribution in [0.4, 0.5) is 0 Å². The number of aryl methyl sites for hydroxylation is 1. The smallest absolute Gasteiger partial charge is 0.258 e. The van der Waals surface area contributed by atoms with Gasteiger partial charge in [-0.2, -0.15) is 5.10 Å². The van der Waals surface area contributed by atoms with E-state index < -0.39 is 6.04 Å². The van der Waals surface area contributed by atoms with Crippen LogP contribution in [0.1, 0.15) is 39.8 Å². The van der Waals surface area contributed by atoms with Crippen LogP contribution in [0.15, 0.2) is 54.6 Å². The van der Waals surface area contributed by atoms with E-state index in [0.717, 1.165) is 5.56 Å². The van der Waals surface area contributed by atoms with Gasteiger partial charge >= 0.3 is 0 Å². The molecule has 1 aliphatic rings. The second-order valence-corrected chi connectivity index (χ2v) is 9.70. The Kier molecular flexibility index (Phi) is 6.96. The minimum Gasteiger partial charge on any atom is -0.484 e. The van der Waals surface area contributed by atoms with Crippen molar-refractivity contribution in [3.63, 3.8) is 0 Å². The number of nitrogens with one attached hydrogen (secondary N) is 2. The average molecular weight is 441 g/mol. The molecule has 1 saturated heterocycles. The molecule has 0 radical (unpaired) electrons. The van der Waals surface area contributed by atoms with Gasteiger partial charge in [0.1, 0.15) is 17.6 Å². The topological polar surface area (TPSA) is 79.9 Å². The maximum absolute atomic E-state index is 12.6. The minimum atomic E-state index is -0.435. The first-order chi connectivity index (χ1) is 14.7. The highest BCUT2D eigenvalue weighted by atomic mass is 32.2. The monoisotopic (exact) mass is 440 g/mol. The van der Waals surface area contributed by atoms with Crippen molar-refractivity contribution in [2.45, 2.75) is 24.0 Å². The number of nitrogens with zero attached hydrogens (tertiary/aromatic N) is 2. The van der Waals surface area contributed by atoms with Gasteiger partial charge in [-0.1, -0.05) is 42.5 Å². The lowest BCUT2D eigenvalue weighted by atomic mass is 10.1. The predicted octanol–water partition coefficient (Wildman–Crippen LogP) is 4.27. The predicted molar refractivity (Wildman–Crippen MR) is 122 cm³/mol. The summed E-state index contributed by atoms with van der Waals surface area (Å²) >= 11 is 3.98. The first-order valence-electron chi connectivity index (χ1n) is 9.88. The van der Waals surface area contributed by atoms with Gasteiger partial charge in [0.05, 0.1) is 4.58 Å². The lowest BCUT2D eigenvalue weighted by Gasteiger charge is -2.21. The molecule has 0 bridgehead atoms. The summed E-state index contributed by atoms with van der Waals surface area (Å²) in [6.07, 6.45) is 1.28. The zero-order chi connectivity index (χ0) is 20.8. The Bertz CT molecular complexity index is 957. The van der Waals surface area contributed by atoms with Crippen molar-refractivity contribution in [3.8, 4) is 5.75 Å². The molecule has 0 saturated carbocycles. The number of rotatable bonds is 7. The summed E-state index contributed by atoms with van der Waals surface area (Å²) in [5.74, 6) is 4.11. The highest BCUT2D eigenvalue weighted by molar-refractivity contribution is 8.16. The van der Waals surface area contributed by atoms with Crippen LogP contribution >= 0.6 is 23.5 Å². The molecule has 0 spiro atoms. The highest BCUT2D eigenvalue weighted by Crippen LogP contribution is 2.43. The maximum Gasteiger partial charge on any atom is 0.258 e. The second-order valence-electron chi connectivity index (χ2n) is 6.98. The first kappa shape index (κ1) is 20.8. The molecular weight excluding hydrogens is 416 g/mol. The number of thioether (sulfide) groups is 2. The molecule has 8 heteroatoms. The van der Waals surface area contributed by atoms with Crippen LogP contribution in [-0.2, 0) is 4.79 Å². The number of hydrogen-bond acceptors (Lipinski definition) is 6. The van der Waals surface area contributed by atoms with Crippen LogP contribution in [0.2, 0.25) is 0 Å². The first-order valence-corrected chi connectivity index (χ1v) is 12.0. The van der Waals surface area contributed by atoms with E-state index in [4.69, 9.17) is 4.74 Å². The Morgan fingerprint density at radius 1 is 1.17 bits per heavy atom. The molecule has 1 amide bonds. The van der Waals surface area contributed by atoms with Gasteiger partial charge in [-0.25, -0.2) is 4.98 Å². The number of hydrogen-bond donors (Lipinski definition) is 2. The Labute approximate surface area is 184 Å². The Morgan fingerprint density at radius 2 is 1.90 bits per heavy atom. The van der Waals surface area contributed by atoms with E-state index in [-0.39, 0.29) is 12.5 Å². The van der Waals surface area contributed by atoms with Gasteiger partial charge < -0.3 is 10.1 Å². The Balaban J connectivity index is 1.36. The van der Waals surface area contributed by atoms with Crippen LogP contribution in [0.5, 0.6) is 5.75 Å². The summed E-state index contributed by atoms with van der Waals surface area (Å²) < 4.78 is 6.21. The van der Waals surface area contributed by atoms with Crippen molar-refractivity contribution in [2.75, 3.05) is 18.1 Å². The zero-order valence-corrected chi connectivity index (χ0v) is 18.3. The largest absolute Gasteiger partial charge is 0.484 e. The minimum absolute atomic E-state index is 0.0704. The lowest BCUT2D eigenvalue weighted by molar-refractivity contribution is -0.123. The van der Waals surface area contributed by atoms with E-state index in [2.05, 4.69) is 32.6 Å². The molecule has 156 valence electrons. The third-order valence-electron chi connectivity index (χ3n) is 4.66. The molecule has 2 N–H and O–H groups in total. The zero-order valence-electron chi connectivity index (χ0n) is 16.7. The summed E-state index contributed by atoms with van der Waals surface area (Å²) in [7, 11) is 0. The fourth-order valence-corrected chi connectivity index (χ4v) is 6.08. The van der Waals surface area contributed by atoms with Gasteiger partial charge in [0.15, 0.2) is 12.4 Å². The highest BCUT2D eigenvalue weighted by Gasteiger charge is 2.21. The Morgan fingerprint density at radius 3 is 2.57 bits per heavy atom. The molecular formula is C22H24N4O2S2. The lowest BCUT2D eigenvalue weighted by Crippen LogP contribution is -2.33. The van der Waals surface area contributed by atoms with Gasteiger partial charge in [0.25, 0.3) is 5.91 Å². The standard InChI is InChI=1S/C22H24N4O2S2/c1-15-23-21(26-25-15)20(16-6-3-2-4-7-16)24-19(27)14-28-18-10-8-17(9-11-18)22-29-12-5-13-30-22/h2-4,6-11,20,22H,5,12-14H2,1H3,(H,24,27)(H,23,25,26). The fourth-order valence-electron chi connectivity index (χ4n) is 3.18. The normalized spacial score (nSPS) is 15.5. The maximum atomic E-state index is 12.6. The van der Waals surface area contributed by atoms with Crippen molar-refractivity contribution >= 4 is 29.4 Å². The van der Waals surface area contributed by atoms with Crippen LogP contribution in [-0.4, -0.2) is 39.2 Å². The molecule has 4 rings (SSSR count). The number of ether oxygens (including phenoxy) is 1. The number of carbonyl (C=O) groups excluding carboxylic acids is 1. The molecule has 1 atom stereocenters. The van der Waals surface area contributed by atoms with Crippen molar-refractivity contribution in [1.29, 1.82) is 0 Å². The SMILES string of the molecule is Cc1nc(C(NC(=O)COc2ccc(C3SCCCS3)cc2)c2ccccc2)n[nH]1. The number of carbonyl (C=O) groups is 1. The summed E-state index contributed by atoms with van der Waals surface area (Å²) in [6, 6.07) is 17.3. The summed E-state index contributed by atoms with van der Waals surface area (Å²) in [5.41, 5.74) is 2.21. The van der Waals surface area contributed by atoms with Gasteiger partial charge in [-0.15, -0.1) is 23.5 Å². The van der Waals surface area contributed by atoms with Gasteiger partial charge in [0.2, 0.25) is 0 Å². The number of aromatic amines is 1. The van der Waals surface area contributed by atoms with E-state index in [9.17, 15) is 4.79 Å². The second kappa shape index (κ2) is 10.0. The summed E-state index contributed by atoms with van der Waals surface area (Å²) in [5, 5.41) is 10.0. The fraction of sp³-hybridized carbons (Fsp3) is 0.318. The molecule has 2 aromatic carbocycles. The van der Waals surface area contributed by atoms with Gasteiger partial charge in [-0.05, 0) is 48.1 Å². The van der Waals surface area contributed by atoms with Crippen LogP contribution in [0.3, 0.4) is 0 Å². The van der Waals surface area contributed by atoms with Gasteiger partial charge in [0, 0.05) is 0 Å². The van der Waals surface area contributed by atoms with Gasteiger partial charge in [-0.3, -0.25) is 9.89 Å². The third-order valence-corrected chi connectivity index (χ3v) is 7.68. The molecule has 1 unspecified atom stereocenters. The van der Waals surface area contributed by atoms with E-state index in [1.54, 1.807) is 0 Å². The van der Waals surface area contributed by atoms with E-state index in [0.29, 0.717) is 22.0 Å². The molecule has 3 aromatic rings. The number of benzene rings is 2. The van der Waals surface area contributed by atoms with Crippen LogP contribution < -0.4 is 10.1 Å². The third kappa shape index (κ3) is 5.37. The summed E-state index contributed by atoms with van der Waals surface area (Å²) in [4.78, 5) is 17.0. The van der Waals surface area contributed by atoms with E-state index >= 15 is 0 Å². The molecule has 6 nitrogen and oxygen atoms in total. The van der Waals surface area contributed by atoms with Crippen molar-refractivity contribution in [1.82, 2.24) is 20.5 Å². The summed E-state index contributed by atoms with van der Waals surface area (Å²) in [6.45, 7) is 1.76. The Hall–Kier alpha value is -2.45. The quantitative estimate of drug-likeness (QED) is 0.571. The molecule has 2 heterocycles. The number of amides is 1. The van der Waals surface area contributed by atoms with E-state index in [1.165, 1.54) is 23.5 Å². The van der Waals surface area contributed by atoms with Crippen LogP contribution in [0.25, 0.3) is 0 Å². The molecule has 1 aliphatic heterocycles. The van der Waals surface area contributed by atoms with Crippen LogP contribution in [0, 0.1) is 6.92 Å². The molecule has 1 fully saturated rings. The molecule has 1 aromatic heterocycles. The number of aromatic nitrogens is 3. The van der Waals surface area contributed by atoms with Crippen molar-refractivity contribution < 1.29 is 9.53 Å². The molecule has 30 heavy (non-hydrogen) atoms. The average Bonchev–Trinajstić information content (AvgIpc) is 3.23. The number of H-pyrrole nitrogens is 1. The van der Waals surface area contributed by atoms with E-state index in [1.807, 2.05) is 72.9 Å². The van der Waals surface area contributed by atoms with Crippen molar-refractivity contribution in [2.24, 2.45) is 0 Å². The molecule has 0 aliphatic carbocycles. The van der Waals surface area contributed by atoms with Crippen molar-refractivity contribution in [3.05, 3.63) is 77.4 Å².